The first-order valence-corrected chi connectivity index (χ1v) is 7.85. The van der Waals surface area contributed by atoms with Gasteiger partial charge in [-0.25, -0.2) is 12.7 Å². The van der Waals surface area contributed by atoms with Crippen molar-refractivity contribution in [2.45, 2.75) is 51.3 Å². The Hall–Kier alpha value is -0.130. The summed E-state index contributed by atoms with van der Waals surface area (Å²) < 4.78 is 25.7. The van der Waals surface area contributed by atoms with Gasteiger partial charge in [0.15, 0.2) is 0 Å². The molecule has 2 unspecified atom stereocenters. The first kappa shape index (κ1) is 14.9. The first-order valence-electron chi connectivity index (χ1n) is 6.41. The van der Waals surface area contributed by atoms with Gasteiger partial charge in [-0.3, -0.25) is 0 Å². The second-order valence-electron chi connectivity index (χ2n) is 5.83. The molecule has 0 aromatic rings. The van der Waals surface area contributed by atoms with Crippen LogP contribution in [0.2, 0.25) is 0 Å². The van der Waals surface area contributed by atoms with Gasteiger partial charge in [0, 0.05) is 19.1 Å². The molecule has 1 saturated heterocycles. The molecule has 0 bridgehead atoms. The second-order valence-corrected chi connectivity index (χ2v) is 8.52. The zero-order valence-corrected chi connectivity index (χ0v) is 12.5. The molecule has 0 saturated carbocycles. The molecule has 1 fully saturated rings. The highest BCUT2D eigenvalue weighted by Gasteiger charge is 2.39. The molecule has 0 spiro atoms. The van der Waals surface area contributed by atoms with Crippen LogP contribution in [-0.4, -0.2) is 43.6 Å². The average molecular weight is 262 g/mol. The van der Waals surface area contributed by atoms with E-state index in [1.807, 2.05) is 7.05 Å². The smallest absolute Gasteiger partial charge is 0.219 e. The standard InChI is InChI=1S/C12H26N2O2S/c1-6-10-9-14(8-7-11(10)13-5)17(15,16)12(2,3)4/h10-11,13H,6-9H2,1-5H3. The van der Waals surface area contributed by atoms with E-state index in [2.05, 4.69) is 12.2 Å². The van der Waals surface area contributed by atoms with Crippen molar-refractivity contribution in [2.24, 2.45) is 5.92 Å². The quantitative estimate of drug-likeness (QED) is 0.837. The highest BCUT2D eigenvalue weighted by molar-refractivity contribution is 7.90. The van der Waals surface area contributed by atoms with Crippen LogP contribution in [0, 0.1) is 5.92 Å². The summed E-state index contributed by atoms with van der Waals surface area (Å²) in [5.41, 5.74) is 0. The third-order valence-electron chi connectivity index (χ3n) is 3.71. The number of hydrogen-bond donors (Lipinski definition) is 1. The second kappa shape index (κ2) is 5.24. The summed E-state index contributed by atoms with van der Waals surface area (Å²) in [7, 11) is -1.21. The summed E-state index contributed by atoms with van der Waals surface area (Å²) in [4.78, 5) is 0. The van der Waals surface area contributed by atoms with Gasteiger partial charge >= 0.3 is 0 Å². The normalized spacial score (nSPS) is 28.3. The van der Waals surface area contributed by atoms with Gasteiger partial charge in [0.2, 0.25) is 10.0 Å². The van der Waals surface area contributed by atoms with Crippen LogP contribution in [0.25, 0.3) is 0 Å². The van der Waals surface area contributed by atoms with Crippen LogP contribution in [0.3, 0.4) is 0 Å². The Bertz CT molecular complexity index is 346. The summed E-state index contributed by atoms with van der Waals surface area (Å²) in [6.07, 6.45) is 1.92. The Morgan fingerprint density at radius 1 is 1.35 bits per heavy atom. The van der Waals surface area contributed by atoms with Crippen molar-refractivity contribution in [1.29, 1.82) is 0 Å². The molecule has 0 aromatic heterocycles. The van der Waals surface area contributed by atoms with Gasteiger partial charge in [-0.05, 0) is 40.2 Å². The van der Waals surface area contributed by atoms with Crippen molar-refractivity contribution in [3.05, 3.63) is 0 Å². The highest BCUT2D eigenvalue weighted by Crippen LogP contribution is 2.27. The molecule has 2 atom stereocenters. The molecular weight excluding hydrogens is 236 g/mol. The summed E-state index contributed by atoms with van der Waals surface area (Å²) in [6.45, 7) is 8.74. The van der Waals surface area contributed by atoms with Gasteiger partial charge in [0.25, 0.3) is 0 Å². The van der Waals surface area contributed by atoms with Crippen molar-refractivity contribution < 1.29 is 8.42 Å². The fourth-order valence-electron chi connectivity index (χ4n) is 2.40. The van der Waals surface area contributed by atoms with Gasteiger partial charge in [0.05, 0.1) is 4.75 Å². The van der Waals surface area contributed by atoms with Crippen LogP contribution in [0.4, 0.5) is 0 Å². The zero-order valence-electron chi connectivity index (χ0n) is 11.7. The molecule has 1 rings (SSSR count). The predicted molar refractivity (Wildman–Crippen MR) is 71.5 cm³/mol. The number of nitrogens with zero attached hydrogens (tertiary/aromatic N) is 1. The molecule has 102 valence electrons. The molecule has 4 nitrogen and oxygen atoms in total. The summed E-state index contributed by atoms with van der Waals surface area (Å²) in [6, 6.07) is 0.450. The third-order valence-corrected chi connectivity index (χ3v) is 6.26. The van der Waals surface area contributed by atoms with E-state index in [0.717, 1.165) is 12.8 Å². The number of piperidine rings is 1. The van der Waals surface area contributed by atoms with Gasteiger partial charge in [-0.2, -0.15) is 0 Å². The molecule has 1 N–H and O–H groups in total. The van der Waals surface area contributed by atoms with E-state index < -0.39 is 14.8 Å². The lowest BCUT2D eigenvalue weighted by atomic mass is 9.91. The van der Waals surface area contributed by atoms with Crippen molar-refractivity contribution >= 4 is 10.0 Å². The minimum Gasteiger partial charge on any atom is -0.317 e. The van der Waals surface area contributed by atoms with E-state index in [1.54, 1.807) is 25.1 Å². The van der Waals surface area contributed by atoms with Crippen LogP contribution in [0.15, 0.2) is 0 Å². The van der Waals surface area contributed by atoms with E-state index in [9.17, 15) is 8.42 Å². The number of hydrogen-bond acceptors (Lipinski definition) is 3. The Labute approximate surface area is 106 Å². The molecule has 0 radical (unpaired) electrons. The third kappa shape index (κ3) is 3.01. The maximum atomic E-state index is 12.4. The largest absolute Gasteiger partial charge is 0.317 e. The fraction of sp³-hybridized carbons (Fsp3) is 1.00. The SMILES string of the molecule is CCC1CN(S(=O)(=O)C(C)(C)C)CCC1NC. The van der Waals surface area contributed by atoms with Gasteiger partial charge in [-0.1, -0.05) is 13.3 Å². The average Bonchev–Trinajstić information content (AvgIpc) is 2.26. The minimum absolute atomic E-state index is 0.422. The van der Waals surface area contributed by atoms with Gasteiger partial charge in [-0.15, -0.1) is 0 Å². The van der Waals surface area contributed by atoms with E-state index >= 15 is 0 Å². The lowest BCUT2D eigenvalue weighted by Crippen LogP contribution is -2.53. The van der Waals surface area contributed by atoms with Crippen molar-refractivity contribution in [3.63, 3.8) is 0 Å². The molecule has 0 aliphatic carbocycles. The van der Waals surface area contributed by atoms with Crippen LogP contribution < -0.4 is 5.32 Å². The maximum Gasteiger partial charge on any atom is 0.219 e. The van der Waals surface area contributed by atoms with E-state index in [1.165, 1.54) is 0 Å². The van der Waals surface area contributed by atoms with Crippen LogP contribution in [0.5, 0.6) is 0 Å². The monoisotopic (exact) mass is 262 g/mol. The van der Waals surface area contributed by atoms with Crippen LogP contribution in [-0.2, 0) is 10.0 Å². The molecule has 5 heteroatoms. The first-order chi connectivity index (χ1) is 7.74. The lowest BCUT2D eigenvalue weighted by Gasteiger charge is -2.40. The van der Waals surface area contributed by atoms with Crippen LogP contribution >= 0.6 is 0 Å². The van der Waals surface area contributed by atoms with Gasteiger partial charge < -0.3 is 5.32 Å². The molecule has 17 heavy (non-hydrogen) atoms. The van der Waals surface area contributed by atoms with E-state index in [0.29, 0.717) is 25.0 Å². The maximum absolute atomic E-state index is 12.4. The van der Waals surface area contributed by atoms with Crippen LogP contribution in [0.1, 0.15) is 40.5 Å². The number of sulfonamides is 1. The molecule has 1 heterocycles. The van der Waals surface area contributed by atoms with Crippen molar-refractivity contribution in [1.82, 2.24) is 9.62 Å². The Morgan fingerprint density at radius 2 is 1.94 bits per heavy atom. The summed E-state index contributed by atoms with van der Waals surface area (Å²) >= 11 is 0. The van der Waals surface area contributed by atoms with Crippen molar-refractivity contribution in [2.75, 3.05) is 20.1 Å². The van der Waals surface area contributed by atoms with E-state index in [-0.39, 0.29) is 0 Å². The Morgan fingerprint density at radius 3 is 2.35 bits per heavy atom. The minimum atomic E-state index is -3.17. The van der Waals surface area contributed by atoms with Gasteiger partial charge in [0.1, 0.15) is 0 Å². The number of rotatable bonds is 3. The fourth-order valence-corrected chi connectivity index (χ4v) is 3.91. The molecule has 1 aliphatic rings. The van der Waals surface area contributed by atoms with E-state index in [4.69, 9.17) is 0 Å². The number of nitrogens with one attached hydrogen (secondary N) is 1. The zero-order chi connectivity index (χ0) is 13.3. The highest BCUT2D eigenvalue weighted by atomic mass is 32.2. The summed E-state index contributed by atoms with van der Waals surface area (Å²) in [5.74, 6) is 0.422. The molecule has 0 amide bonds. The summed E-state index contributed by atoms with van der Waals surface area (Å²) in [5, 5.41) is 3.29. The predicted octanol–water partition coefficient (Wildman–Crippen LogP) is 1.43. The lowest BCUT2D eigenvalue weighted by molar-refractivity contribution is 0.206. The Balaban J connectivity index is 2.84. The molecule has 0 aromatic carbocycles. The molecule has 1 aliphatic heterocycles. The Kier molecular flexibility index (Phi) is 4.60. The van der Waals surface area contributed by atoms with Crippen molar-refractivity contribution in [3.8, 4) is 0 Å². The molecular formula is C12H26N2O2S. The topological polar surface area (TPSA) is 49.4 Å².